The van der Waals surface area contributed by atoms with Gasteiger partial charge in [-0.25, -0.2) is 4.79 Å². The van der Waals surface area contributed by atoms with Crippen molar-refractivity contribution in [1.29, 1.82) is 0 Å². The molecule has 1 aliphatic heterocycles. The zero-order valence-corrected chi connectivity index (χ0v) is 31.6. The van der Waals surface area contributed by atoms with Gasteiger partial charge < -0.3 is 24.8 Å². The summed E-state index contributed by atoms with van der Waals surface area (Å²) in [5, 5.41) is 14.7. The van der Waals surface area contributed by atoms with Crippen molar-refractivity contribution in [2.75, 3.05) is 52.3 Å². The van der Waals surface area contributed by atoms with Crippen molar-refractivity contribution in [2.45, 2.75) is 94.5 Å². The van der Waals surface area contributed by atoms with Crippen LogP contribution in [0.3, 0.4) is 0 Å². The number of benzene rings is 2. The van der Waals surface area contributed by atoms with Crippen LogP contribution in [0, 0.1) is 11.8 Å². The van der Waals surface area contributed by atoms with Crippen molar-refractivity contribution in [3.05, 3.63) is 82.1 Å². The summed E-state index contributed by atoms with van der Waals surface area (Å²) in [5.41, 5.74) is 4.77. The molecule has 7 rings (SSSR count). The molecular weight excluding hydrogens is 660 g/mol. The van der Waals surface area contributed by atoms with Crippen molar-refractivity contribution in [3.8, 4) is 11.5 Å². The largest absolute Gasteiger partial charge is 0.493 e. The first-order valence-corrected chi connectivity index (χ1v) is 19.5. The van der Waals surface area contributed by atoms with E-state index in [0.717, 1.165) is 68.9 Å². The van der Waals surface area contributed by atoms with Crippen LogP contribution in [0.25, 0.3) is 0 Å². The number of ether oxygens (including phenoxy) is 2. The van der Waals surface area contributed by atoms with Crippen molar-refractivity contribution in [3.63, 3.8) is 0 Å². The number of aliphatic carboxylic acids is 1. The van der Waals surface area contributed by atoms with Gasteiger partial charge in [0.1, 0.15) is 23.6 Å². The van der Waals surface area contributed by atoms with Crippen LogP contribution in [0.4, 0.5) is 5.69 Å². The second-order valence-electron chi connectivity index (χ2n) is 16.2. The molecule has 1 spiro atoms. The fraction of sp³-hybridized carbons (Fsp3) is 0.571. The van der Waals surface area contributed by atoms with Crippen molar-refractivity contribution in [1.82, 2.24) is 14.8 Å². The number of aromatic nitrogens is 1. The lowest BCUT2D eigenvalue weighted by atomic mass is 9.59. The predicted octanol–water partition coefficient (Wildman–Crippen LogP) is 7.82. The summed E-state index contributed by atoms with van der Waals surface area (Å²) in [5.74, 6) is 2.28. The van der Waals surface area contributed by atoms with E-state index in [1.54, 1.807) is 0 Å². The summed E-state index contributed by atoms with van der Waals surface area (Å²) in [6, 6.07) is 16.5. The maximum Gasteiger partial charge on any atom is 0.329 e. The van der Waals surface area contributed by atoms with Crippen LogP contribution in [0.15, 0.2) is 54.7 Å². The normalized spacial score (nSPS) is 28.5. The number of pyridine rings is 1. The molecule has 2 fully saturated rings. The number of carboxylic acids is 1. The molecular formula is C42H55ClN4O4. The van der Waals surface area contributed by atoms with Gasteiger partial charge in [0.2, 0.25) is 0 Å². The van der Waals surface area contributed by atoms with Crippen LogP contribution in [0.2, 0.25) is 5.02 Å². The van der Waals surface area contributed by atoms with E-state index in [2.05, 4.69) is 66.2 Å². The van der Waals surface area contributed by atoms with Crippen molar-refractivity contribution < 1.29 is 19.4 Å². The first kappa shape index (κ1) is 36.0. The average Bonchev–Trinajstić information content (AvgIpc) is 3.40. The van der Waals surface area contributed by atoms with Gasteiger partial charge >= 0.3 is 5.97 Å². The molecule has 0 amide bonds. The molecule has 2 aromatic carbocycles. The fourth-order valence-electron chi connectivity index (χ4n) is 9.64. The number of halogens is 1. The third-order valence-electron chi connectivity index (χ3n) is 12.7. The highest BCUT2D eigenvalue weighted by atomic mass is 35.5. The first-order chi connectivity index (χ1) is 24.5. The molecule has 51 heavy (non-hydrogen) atoms. The monoisotopic (exact) mass is 714 g/mol. The lowest BCUT2D eigenvalue weighted by molar-refractivity contribution is -0.144. The average molecular weight is 715 g/mol. The number of likely N-dealkylation sites (N-methyl/N-ethyl adjacent to an activating group) is 2. The molecule has 0 radical (unpaired) electrons. The maximum atomic E-state index is 13.0. The number of carbonyl (C=O) groups is 1. The molecule has 0 bridgehead atoms. The quantitative estimate of drug-likeness (QED) is 0.208. The molecule has 4 atom stereocenters. The minimum Gasteiger partial charge on any atom is -0.493 e. The second kappa shape index (κ2) is 15.0. The van der Waals surface area contributed by atoms with Gasteiger partial charge in [0.05, 0.1) is 12.6 Å². The van der Waals surface area contributed by atoms with Gasteiger partial charge in [-0.05, 0) is 143 Å². The Bertz CT molecular complexity index is 1710. The van der Waals surface area contributed by atoms with Crippen molar-refractivity contribution in [2.24, 2.45) is 11.8 Å². The van der Waals surface area contributed by atoms with Gasteiger partial charge in [-0.3, -0.25) is 9.88 Å². The number of nitrogens with zero attached hydrogens (tertiary/aromatic N) is 3. The number of fused-ring (bicyclic) bond motifs is 3. The number of hydrogen-bond donors (Lipinski definition) is 2. The molecule has 2 heterocycles. The lowest BCUT2D eigenvalue weighted by Crippen LogP contribution is -2.53. The molecule has 4 aliphatic rings. The minimum atomic E-state index is -1.05. The predicted molar refractivity (Wildman–Crippen MR) is 203 cm³/mol. The van der Waals surface area contributed by atoms with Gasteiger partial charge in [0, 0.05) is 47.8 Å². The highest BCUT2D eigenvalue weighted by Crippen LogP contribution is 2.57. The van der Waals surface area contributed by atoms with Crippen LogP contribution >= 0.6 is 11.6 Å². The molecule has 2 N–H and O–H groups in total. The number of rotatable bonds is 11. The van der Waals surface area contributed by atoms with Crippen LogP contribution in [-0.2, 0) is 23.1 Å². The Hall–Kier alpha value is -3.33. The summed E-state index contributed by atoms with van der Waals surface area (Å²) in [4.78, 5) is 22.5. The zero-order chi connectivity index (χ0) is 35.8. The summed E-state index contributed by atoms with van der Waals surface area (Å²) < 4.78 is 13.1. The fourth-order valence-corrected chi connectivity index (χ4v) is 9.83. The molecule has 3 aromatic rings. The standard InChI is InChI=1S/C42H55ClN4O4/c1-28(26-51-38-13-18-44-37-10-5-7-29(2)39(37)38)21-31-22-30-11-12-35(50-27-34-25-46(3)19-20-47(34)4)24-36(30)41(31)14-16-42(17-15-41,40(48)49)45-33-9-6-8-32(43)23-33/h6,8-9,11-13,18,23-24,28-29,31,34,45H,5,7,10,14-17,19-22,25-27H2,1-4H3,(H,48,49)/t28-,29+,31?,34?,41?,42?/m1/s1. The van der Waals surface area contributed by atoms with E-state index in [0.29, 0.717) is 54.9 Å². The van der Waals surface area contributed by atoms with E-state index in [1.165, 1.54) is 35.2 Å². The van der Waals surface area contributed by atoms with Crippen LogP contribution < -0.4 is 14.8 Å². The molecule has 9 heteroatoms. The Labute approximate surface area is 308 Å². The van der Waals surface area contributed by atoms with Gasteiger partial charge in [-0.2, -0.15) is 0 Å². The molecule has 2 unspecified atom stereocenters. The summed E-state index contributed by atoms with van der Waals surface area (Å²) >= 11 is 6.30. The van der Waals surface area contributed by atoms with Gasteiger partial charge in [0.15, 0.2) is 0 Å². The summed E-state index contributed by atoms with van der Waals surface area (Å²) in [6.45, 7) is 9.01. The van der Waals surface area contributed by atoms with Gasteiger partial charge in [-0.15, -0.1) is 0 Å². The lowest BCUT2D eigenvalue weighted by Gasteiger charge is -2.47. The molecule has 1 saturated carbocycles. The number of anilines is 1. The molecule has 3 aliphatic carbocycles. The highest BCUT2D eigenvalue weighted by Gasteiger charge is 2.54. The smallest absolute Gasteiger partial charge is 0.329 e. The van der Waals surface area contributed by atoms with Crippen LogP contribution in [0.1, 0.15) is 87.1 Å². The topological polar surface area (TPSA) is 87.2 Å². The second-order valence-corrected chi connectivity index (χ2v) is 16.7. The Morgan fingerprint density at radius 2 is 1.92 bits per heavy atom. The number of carboxylic acid groups (broad SMARTS) is 1. The summed E-state index contributed by atoms with van der Waals surface area (Å²) in [7, 11) is 4.37. The third kappa shape index (κ3) is 7.47. The van der Waals surface area contributed by atoms with E-state index in [-0.39, 0.29) is 5.41 Å². The number of nitrogens with one attached hydrogen (secondary N) is 1. The zero-order valence-electron chi connectivity index (χ0n) is 30.8. The SMILES string of the molecule is C[C@@H](COc1ccnc2c1[C@@H](C)CCC2)CC1Cc2ccc(OCC3CN(C)CCN3C)cc2C12CCC(Nc1cccc(Cl)c1)(C(=O)O)CC2. The van der Waals surface area contributed by atoms with Crippen LogP contribution in [-0.4, -0.2) is 84.4 Å². The van der Waals surface area contributed by atoms with E-state index in [9.17, 15) is 9.90 Å². The molecule has 8 nitrogen and oxygen atoms in total. The number of aryl methyl sites for hydroxylation is 1. The van der Waals surface area contributed by atoms with Gasteiger partial charge in [-0.1, -0.05) is 37.6 Å². The van der Waals surface area contributed by atoms with E-state index in [4.69, 9.17) is 21.1 Å². The Morgan fingerprint density at radius 1 is 1.10 bits per heavy atom. The van der Waals surface area contributed by atoms with E-state index < -0.39 is 11.5 Å². The van der Waals surface area contributed by atoms with Crippen LogP contribution in [0.5, 0.6) is 11.5 Å². The first-order valence-electron chi connectivity index (χ1n) is 19.1. The summed E-state index contributed by atoms with van der Waals surface area (Å²) in [6.07, 6.45) is 9.91. The maximum absolute atomic E-state index is 13.0. The van der Waals surface area contributed by atoms with Crippen molar-refractivity contribution >= 4 is 23.3 Å². The molecule has 274 valence electrons. The minimum absolute atomic E-state index is 0.135. The number of hydrogen-bond acceptors (Lipinski definition) is 7. The Morgan fingerprint density at radius 3 is 2.71 bits per heavy atom. The Kier molecular flexibility index (Phi) is 10.6. The molecule has 1 aromatic heterocycles. The third-order valence-corrected chi connectivity index (χ3v) is 12.9. The van der Waals surface area contributed by atoms with E-state index in [1.807, 2.05) is 36.5 Å². The highest BCUT2D eigenvalue weighted by molar-refractivity contribution is 6.30. The Balaban J connectivity index is 1.12. The van der Waals surface area contributed by atoms with Gasteiger partial charge in [0.25, 0.3) is 0 Å². The number of piperazine rings is 1. The molecule has 1 saturated heterocycles. The van der Waals surface area contributed by atoms with E-state index >= 15 is 0 Å².